The Morgan fingerprint density at radius 1 is 1.33 bits per heavy atom. The lowest BCUT2D eigenvalue weighted by Gasteiger charge is -2.34. The number of furan rings is 1. The highest BCUT2D eigenvalue weighted by molar-refractivity contribution is 5.88. The molecule has 2 aromatic rings. The fourth-order valence-electron chi connectivity index (χ4n) is 4.31. The molecule has 1 aliphatic carbocycles. The summed E-state index contributed by atoms with van der Waals surface area (Å²) in [5, 5.41) is 5.79. The van der Waals surface area contributed by atoms with Crippen LogP contribution >= 0.6 is 0 Å². The summed E-state index contributed by atoms with van der Waals surface area (Å²) in [6, 6.07) is 1.40. The van der Waals surface area contributed by atoms with Crippen LogP contribution in [0.4, 0.5) is 0 Å². The van der Waals surface area contributed by atoms with Gasteiger partial charge >= 0.3 is 0 Å². The lowest BCUT2D eigenvalue weighted by Crippen LogP contribution is -2.56. The van der Waals surface area contributed by atoms with Gasteiger partial charge in [0.2, 0.25) is 11.8 Å². The van der Waals surface area contributed by atoms with E-state index in [4.69, 9.17) is 9.40 Å². The Labute approximate surface area is 176 Å². The second-order valence-electron chi connectivity index (χ2n) is 8.07. The van der Waals surface area contributed by atoms with E-state index in [1.54, 1.807) is 12.5 Å². The van der Waals surface area contributed by atoms with Gasteiger partial charge in [-0.25, -0.2) is 9.97 Å². The first-order valence-electron chi connectivity index (χ1n) is 10.7. The molecule has 30 heavy (non-hydrogen) atoms. The van der Waals surface area contributed by atoms with Gasteiger partial charge in [-0.15, -0.1) is 0 Å². The molecule has 1 aliphatic heterocycles. The third kappa shape index (κ3) is 4.87. The molecule has 3 heterocycles. The van der Waals surface area contributed by atoms with E-state index >= 15 is 0 Å². The number of nitrogens with zero attached hydrogens (tertiary/aromatic N) is 3. The number of hydrogen-bond donors (Lipinski definition) is 2. The first-order chi connectivity index (χ1) is 14.6. The summed E-state index contributed by atoms with van der Waals surface area (Å²) in [4.78, 5) is 36.2. The first-order valence-corrected chi connectivity index (χ1v) is 10.7. The minimum atomic E-state index is -0.476. The minimum Gasteiger partial charge on any atom is -0.472 e. The van der Waals surface area contributed by atoms with Crippen molar-refractivity contribution in [2.45, 2.75) is 58.0 Å². The molecule has 0 radical (unpaired) electrons. The molecule has 2 amide bonds. The van der Waals surface area contributed by atoms with Crippen LogP contribution in [-0.4, -0.2) is 52.4 Å². The number of fused-ring (bicyclic) bond motifs is 1. The van der Waals surface area contributed by atoms with Crippen LogP contribution in [0.15, 0.2) is 23.0 Å². The molecule has 8 heteroatoms. The van der Waals surface area contributed by atoms with E-state index < -0.39 is 6.04 Å². The lowest BCUT2D eigenvalue weighted by molar-refractivity contribution is -0.134. The minimum absolute atomic E-state index is 0.103. The average Bonchev–Trinajstić information content (AvgIpc) is 3.24. The van der Waals surface area contributed by atoms with Crippen molar-refractivity contribution in [2.24, 2.45) is 0 Å². The van der Waals surface area contributed by atoms with Crippen molar-refractivity contribution in [3.63, 3.8) is 0 Å². The fraction of sp³-hybridized carbons (Fsp3) is 0.545. The van der Waals surface area contributed by atoms with Crippen molar-refractivity contribution in [3.05, 3.63) is 46.9 Å². The van der Waals surface area contributed by atoms with Crippen LogP contribution < -0.4 is 10.6 Å². The Bertz CT molecular complexity index is 896. The van der Waals surface area contributed by atoms with Crippen LogP contribution in [0.5, 0.6) is 0 Å². The quantitative estimate of drug-likeness (QED) is 0.713. The van der Waals surface area contributed by atoms with E-state index in [9.17, 15) is 9.59 Å². The van der Waals surface area contributed by atoms with Crippen molar-refractivity contribution in [1.82, 2.24) is 25.5 Å². The van der Waals surface area contributed by atoms with Crippen molar-refractivity contribution < 1.29 is 14.0 Å². The summed E-state index contributed by atoms with van der Waals surface area (Å²) < 4.78 is 5.12. The van der Waals surface area contributed by atoms with Crippen LogP contribution in [0.25, 0.3) is 0 Å². The predicted molar refractivity (Wildman–Crippen MR) is 111 cm³/mol. The normalized spacial score (nSPS) is 19.2. The van der Waals surface area contributed by atoms with E-state index in [0.29, 0.717) is 32.6 Å². The highest BCUT2D eigenvalue weighted by atomic mass is 16.3. The monoisotopic (exact) mass is 411 g/mol. The predicted octanol–water partition coefficient (Wildman–Crippen LogP) is 1.31. The van der Waals surface area contributed by atoms with E-state index in [1.165, 1.54) is 24.1 Å². The average molecular weight is 412 g/mol. The van der Waals surface area contributed by atoms with Gasteiger partial charge in [-0.3, -0.25) is 14.5 Å². The second kappa shape index (κ2) is 9.38. The molecule has 2 aliphatic rings. The highest BCUT2D eigenvalue weighted by Crippen LogP contribution is 2.21. The Morgan fingerprint density at radius 3 is 3.03 bits per heavy atom. The molecule has 0 unspecified atom stereocenters. The number of amides is 2. The third-order valence-electron chi connectivity index (χ3n) is 5.89. The summed E-state index contributed by atoms with van der Waals surface area (Å²) >= 11 is 0. The number of hydrogen-bond acceptors (Lipinski definition) is 6. The van der Waals surface area contributed by atoms with Crippen molar-refractivity contribution in [3.8, 4) is 0 Å². The Kier molecular flexibility index (Phi) is 6.42. The Hall–Kier alpha value is -2.74. The number of aryl methyl sites for hydroxylation is 2. The van der Waals surface area contributed by atoms with E-state index in [0.717, 1.165) is 29.9 Å². The van der Waals surface area contributed by atoms with Gasteiger partial charge in [0, 0.05) is 49.6 Å². The highest BCUT2D eigenvalue weighted by Gasteiger charge is 2.31. The largest absolute Gasteiger partial charge is 0.472 e. The van der Waals surface area contributed by atoms with Gasteiger partial charge in [-0.05, 0) is 44.2 Å². The van der Waals surface area contributed by atoms with E-state index in [1.807, 2.05) is 17.9 Å². The molecular weight excluding hydrogens is 382 g/mol. The number of carbonyl (C=O) groups excluding carboxylic acids is 2. The maximum Gasteiger partial charge on any atom is 0.237 e. The van der Waals surface area contributed by atoms with Crippen LogP contribution in [0.1, 0.15) is 47.6 Å². The second-order valence-corrected chi connectivity index (χ2v) is 8.07. The number of aromatic nitrogens is 2. The molecule has 2 N–H and O–H groups in total. The molecule has 1 saturated heterocycles. The number of carbonyl (C=O) groups is 2. The van der Waals surface area contributed by atoms with Crippen LogP contribution in [0, 0.1) is 6.92 Å². The molecule has 0 bridgehead atoms. The van der Waals surface area contributed by atoms with Gasteiger partial charge in [0.1, 0.15) is 5.82 Å². The zero-order chi connectivity index (χ0) is 20.9. The molecule has 0 spiro atoms. The topological polar surface area (TPSA) is 100 Å². The SMILES string of the molecule is Cc1nc(CCNC(=O)C[C@H]2C(=O)NCCN2Cc2ccoc2)nc2c1CCCC2. The molecule has 1 fully saturated rings. The van der Waals surface area contributed by atoms with Gasteiger partial charge in [-0.2, -0.15) is 0 Å². The number of rotatable bonds is 7. The standard InChI is InChI=1S/C22H29N5O3/c1-15-17-4-2-3-5-18(17)26-20(25-15)6-8-23-21(28)12-19-22(29)24-9-10-27(19)13-16-7-11-30-14-16/h7,11,14,19H,2-6,8-10,12-13H2,1H3,(H,23,28)(H,24,29)/t19-/m0/s1. The number of piperazine rings is 1. The van der Waals surface area contributed by atoms with E-state index in [2.05, 4.69) is 15.6 Å². The zero-order valence-electron chi connectivity index (χ0n) is 17.4. The van der Waals surface area contributed by atoms with Crippen LogP contribution in [0.3, 0.4) is 0 Å². The summed E-state index contributed by atoms with van der Waals surface area (Å²) in [5.74, 6) is 0.544. The molecule has 0 saturated carbocycles. The van der Waals surface area contributed by atoms with Crippen LogP contribution in [-0.2, 0) is 35.4 Å². The van der Waals surface area contributed by atoms with Gasteiger partial charge < -0.3 is 15.1 Å². The first kappa shape index (κ1) is 20.5. The molecule has 0 aromatic carbocycles. The zero-order valence-corrected chi connectivity index (χ0v) is 17.4. The Morgan fingerprint density at radius 2 is 2.20 bits per heavy atom. The van der Waals surface area contributed by atoms with Crippen molar-refractivity contribution in [1.29, 1.82) is 0 Å². The molecule has 8 nitrogen and oxygen atoms in total. The fourth-order valence-corrected chi connectivity index (χ4v) is 4.31. The van der Waals surface area contributed by atoms with Gasteiger partial charge in [-0.1, -0.05) is 0 Å². The maximum absolute atomic E-state index is 12.5. The summed E-state index contributed by atoms with van der Waals surface area (Å²) in [5.41, 5.74) is 4.53. The molecular formula is C22H29N5O3. The van der Waals surface area contributed by atoms with Gasteiger partial charge in [0.25, 0.3) is 0 Å². The third-order valence-corrected chi connectivity index (χ3v) is 5.89. The molecule has 4 rings (SSSR count). The lowest BCUT2D eigenvalue weighted by atomic mass is 9.95. The van der Waals surface area contributed by atoms with Crippen molar-refractivity contribution >= 4 is 11.8 Å². The smallest absolute Gasteiger partial charge is 0.237 e. The molecule has 160 valence electrons. The van der Waals surface area contributed by atoms with E-state index in [-0.39, 0.29) is 18.2 Å². The summed E-state index contributed by atoms with van der Waals surface area (Å²) in [6.45, 7) is 4.39. The summed E-state index contributed by atoms with van der Waals surface area (Å²) in [7, 11) is 0. The van der Waals surface area contributed by atoms with Crippen LogP contribution in [0.2, 0.25) is 0 Å². The van der Waals surface area contributed by atoms with Crippen molar-refractivity contribution in [2.75, 3.05) is 19.6 Å². The summed E-state index contributed by atoms with van der Waals surface area (Å²) in [6.07, 6.45) is 8.48. The maximum atomic E-state index is 12.5. The Balaban J connectivity index is 1.30. The molecule has 2 aromatic heterocycles. The van der Waals surface area contributed by atoms with Gasteiger partial charge in [0.15, 0.2) is 0 Å². The van der Waals surface area contributed by atoms with Gasteiger partial charge in [0.05, 0.1) is 25.0 Å². The molecule has 1 atom stereocenters. The number of nitrogens with one attached hydrogen (secondary N) is 2.